The fourth-order valence-corrected chi connectivity index (χ4v) is 1.97. The second kappa shape index (κ2) is 4.97. The molecule has 0 saturated heterocycles. The van der Waals surface area contributed by atoms with Crippen molar-refractivity contribution in [1.82, 2.24) is 0 Å². The molecule has 5 heteroatoms. The van der Waals surface area contributed by atoms with Crippen molar-refractivity contribution < 1.29 is 13.6 Å². The molecule has 0 aliphatic carbocycles. The van der Waals surface area contributed by atoms with E-state index in [4.69, 9.17) is 17.3 Å². The molecule has 0 amide bonds. The summed E-state index contributed by atoms with van der Waals surface area (Å²) in [4.78, 5) is 12.2. The molecule has 0 atom stereocenters. The van der Waals surface area contributed by atoms with Crippen LogP contribution in [-0.2, 0) is 0 Å². The molecule has 2 aromatic carbocycles. The predicted octanol–water partition coefficient (Wildman–Crippen LogP) is 3.74. The van der Waals surface area contributed by atoms with Crippen molar-refractivity contribution in [3.8, 4) is 0 Å². The van der Waals surface area contributed by atoms with Crippen LogP contribution in [0.4, 0.5) is 14.5 Å². The summed E-state index contributed by atoms with van der Waals surface area (Å²) in [5.41, 5.74) is 6.03. The van der Waals surface area contributed by atoms with Gasteiger partial charge >= 0.3 is 0 Å². The number of carbonyl (C=O) groups is 1. The van der Waals surface area contributed by atoms with Crippen LogP contribution in [0.15, 0.2) is 30.3 Å². The van der Waals surface area contributed by atoms with Crippen LogP contribution in [0, 0.1) is 18.6 Å². The van der Waals surface area contributed by atoms with Crippen molar-refractivity contribution in [3.63, 3.8) is 0 Å². The standard InChI is InChI=1S/C14H10ClF2NO/c1-7-2-11(13(17)6-12(7)16)14(19)8-3-9(15)5-10(18)4-8/h2-6H,18H2,1H3. The summed E-state index contributed by atoms with van der Waals surface area (Å²) in [5.74, 6) is -2.19. The predicted molar refractivity (Wildman–Crippen MR) is 70.4 cm³/mol. The van der Waals surface area contributed by atoms with Gasteiger partial charge in [-0.25, -0.2) is 8.78 Å². The summed E-state index contributed by atoms with van der Waals surface area (Å²) in [6, 6.07) is 6.12. The summed E-state index contributed by atoms with van der Waals surface area (Å²) in [6.45, 7) is 1.46. The minimum atomic E-state index is -0.911. The molecular formula is C14H10ClF2NO. The fraction of sp³-hybridized carbons (Fsp3) is 0.0714. The molecule has 2 N–H and O–H groups in total. The largest absolute Gasteiger partial charge is 0.399 e. The number of nitrogens with two attached hydrogens (primary N) is 1. The lowest BCUT2D eigenvalue weighted by Gasteiger charge is -2.06. The number of anilines is 1. The zero-order valence-corrected chi connectivity index (χ0v) is 10.8. The number of rotatable bonds is 2. The first-order valence-corrected chi connectivity index (χ1v) is 5.82. The van der Waals surface area contributed by atoms with Crippen molar-refractivity contribution in [2.45, 2.75) is 6.92 Å². The van der Waals surface area contributed by atoms with Gasteiger partial charge in [-0.15, -0.1) is 0 Å². The van der Waals surface area contributed by atoms with Crippen LogP contribution < -0.4 is 5.73 Å². The lowest BCUT2D eigenvalue weighted by molar-refractivity contribution is 0.103. The molecule has 0 bridgehead atoms. The van der Waals surface area contributed by atoms with E-state index in [1.54, 1.807) is 0 Å². The Kier molecular flexibility index (Phi) is 3.53. The minimum Gasteiger partial charge on any atom is -0.399 e. The summed E-state index contributed by atoms with van der Waals surface area (Å²) in [7, 11) is 0. The molecule has 2 nitrogen and oxygen atoms in total. The van der Waals surface area contributed by atoms with E-state index in [2.05, 4.69) is 0 Å². The number of hydrogen-bond donors (Lipinski definition) is 1. The molecule has 0 saturated carbocycles. The first-order chi connectivity index (χ1) is 8.88. The van der Waals surface area contributed by atoms with Gasteiger partial charge in [-0.3, -0.25) is 4.79 Å². The van der Waals surface area contributed by atoms with Crippen molar-refractivity contribution in [3.05, 3.63) is 63.7 Å². The van der Waals surface area contributed by atoms with Crippen LogP contribution in [0.5, 0.6) is 0 Å². The smallest absolute Gasteiger partial charge is 0.196 e. The Morgan fingerprint density at radius 3 is 2.42 bits per heavy atom. The number of benzene rings is 2. The Morgan fingerprint density at radius 1 is 1.11 bits per heavy atom. The molecule has 0 aromatic heterocycles. The van der Waals surface area contributed by atoms with Crippen molar-refractivity contribution >= 4 is 23.1 Å². The van der Waals surface area contributed by atoms with Gasteiger partial charge in [-0.05, 0) is 36.8 Å². The molecular weight excluding hydrogens is 272 g/mol. The molecule has 2 rings (SSSR count). The SMILES string of the molecule is Cc1cc(C(=O)c2cc(N)cc(Cl)c2)c(F)cc1F. The molecule has 0 radical (unpaired) electrons. The normalized spacial score (nSPS) is 10.5. The summed E-state index contributed by atoms with van der Waals surface area (Å²) in [5, 5.41) is 0.280. The van der Waals surface area contributed by atoms with Crippen molar-refractivity contribution in [1.29, 1.82) is 0 Å². The van der Waals surface area contributed by atoms with E-state index in [0.717, 1.165) is 0 Å². The summed E-state index contributed by atoms with van der Waals surface area (Å²) < 4.78 is 26.8. The van der Waals surface area contributed by atoms with Crippen LogP contribution in [0.3, 0.4) is 0 Å². The maximum atomic E-state index is 13.6. The van der Waals surface area contributed by atoms with Gasteiger partial charge in [-0.2, -0.15) is 0 Å². The average molecular weight is 282 g/mol. The molecule has 0 unspecified atom stereocenters. The molecule has 0 spiro atoms. The molecule has 0 aliphatic heterocycles. The van der Waals surface area contributed by atoms with E-state index < -0.39 is 17.4 Å². The van der Waals surface area contributed by atoms with Gasteiger partial charge in [0.25, 0.3) is 0 Å². The lowest BCUT2D eigenvalue weighted by atomic mass is 10.0. The highest BCUT2D eigenvalue weighted by Crippen LogP contribution is 2.22. The van der Waals surface area contributed by atoms with Gasteiger partial charge in [0.1, 0.15) is 11.6 Å². The zero-order chi connectivity index (χ0) is 14.2. The molecule has 98 valence electrons. The number of carbonyl (C=O) groups excluding carboxylic acids is 1. The van der Waals surface area contributed by atoms with E-state index >= 15 is 0 Å². The lowest BCUT2D eigenvalue weighted by Crippen LogP contribution is -2.06. The van der Waals surface area contributed by atoms with Gasteiger partial charge in [0.15, 0.2) is 5.78 Å². The highest BCUT2D eigenvalue weighted by Gasteiger charge is 2.17. The summed E-state index contributed by atoms with van der Waals surface area (Å²) >= 11 is 5.79. The molecule has 2 aromatic rings. The van der Waals surface area contributed by atoms with E-state index in [-0.39, 0.29) is 21.7 Å². The average Bonchev–Trinajstić information content (AvgIpc) is 2.31. The third-order valence-electron chi connectivity index (χ3n) is 2.68. The van der Waals surface area contributed by atoms with Gasteiger partial charge in [0.2, 0.25) is 0 Å². The Balaban J connectivity index is 2.53. The third kappa shape index (κ3) is 2.74. The molecule has 19 heavy (non-hydrogen) atoms. The van der Waals surface area contributed by atoms with Gasteiger partial charge in [0, 0.05) is 22.3 Å². The highest BCUT2D eigenvalue weighted by atomic mass is 35.5. The third-order valence-corrected chi connectivity index (χ3v) is 2.89. The summed E-state index contributed by atoms with van der Waals surface area (Å²) in [6.07, 6.45) is 0. The quantitative estimate of drug-likeness (QED) is 0.673. The van der Waals surface area contributed by atoms with Crippen LogP contribution in [-0.4, -0.2) is 5.78 Å². The van der Waals surface area contributed by atoms with Crippen LogP contribution in [0.1, 0.15) is 21.5 Å². The first-order valence-electron chi connectivity index (χ1n) is 5.45. The molecule has 0 fully saturated rings. The minimum absolute atomic E-state index is 0.162. The van der Waals surface area contributed by atoms with Crippen LogP contribution in [0.2, 0.25) is 5.02 Å². The van der Waals surface area contributed by atoms with Gasteiger partial charge < -0.3 is 5.73 Å². The topological polar surface area (TPSA) is 43.1 Å². The van der Waals surface area contributed by atoms with Gasteiger partial charge in [0.05, 0.1) is 5.56 Å². The van der Waals surface area contributed by atoms with Crippen LogP contribution >= 0.6 is 11.6 Å². The van der Waals surface area contributed by atoms with E-state index in [9.17, 15) is 13.6 Å². The Hall–Kier alpha value is -1.94. The Bertz CT molecular complexity index is 650. The number of ketones is 1. The Labute approximate surface area is 113 Å². The van der Waals surface area contributed by atoms with Gasteiger partial charge in [-0.1, -0.05) is 11.6 Å². The number of halogens is 3. The molecule has 0 aliphatic rings. The van der Waals surface area contributed by atoms with Crippen LogP contribution in [0.25, 0.3) is 0 Å². The maximum Gasteiger partial charge on any atom is 0.196 e. The second-order valence-corrected chi connectivity index (χ2v) is 4.62. The van der Waals surface area contributed by atoms with E-state index in [0.29, 0.717) is 11.8 Å². The maximum absolute atomic E-state index is 13.6. The highest BCUT2D eigenvalue weighted by molar-refractivity contribution is 6.31. The fourth-order valence-electron chi connectivity index (χ4n) is 1.73. The Morgan fingerprint density at radius 2 is 1.79 bits per heavy atom. The monoisotopic (exact) mass is 281 g/mol. The number of aryl methyl sites for hydroxylation is 1. The zero-order valence-electron chi connectivity index (χ0n) is 10.0. The van der Waals surface area contributed by atoms with E-state index in [1.807, 2.05) is 0 Å². The van der Waals surface area contributed by atoms with Crippen molar-refractivity contribution in [2.75, 3.05) is 5.73 Å². The van der Waals surface area contributed by atoms with E-state index in [1.165, 1.54) is 31.2 Å². The first kappa shape index (κ1) is 13.5. The number of nitrogen functional groups attached to an aromatic ring is 1. The van der Waals surface area contributed by atoms with Crippen molar-refractivity contribution in [2.24, 2.45) is 0 Å². The molecule has 0 heterocycles. The second-order valence-electron chi connectivity index (χ2n) is 4.18. The number of hydrogen-bond acceptors (Lipinski definition) is 2.